The van der Waals surface area contributed by atoms with Crippen LogP contribution in [0.15, 0.2) is 53.1 Å². The minimum atomic E-state index is 0.235. The van der Waals surface area contributed by atoms with E-state index < -0.39 is 0 Å². The van der Waals surface area contributed by atoms with Crippen LogP contribution in [-0.4, -0.2) is 15.2 Å². The van der Waals surface area contributed by atoms with Crippen LogP contribution in [0.5, 0.6) is 5.75 Å². The number of halogens is 1. The van der Waals surface area contributed by atoms with Crippen molar-refractivity contribution >= 4 is 11.6 Å². The van der Waals surface area contributed by atoms with E-state index in [1.54, 1.807) is 24.3 Å². The number of aromatic hydroxyl groups is 1. The molecule has 5 heteroatoms. The van der Waals surface area contributed by atoms with Crippen LogP contribution in [-0.2, 0) is 6.42 Å². The molecule has 0 fully saturated rings. The number of rotatable bonds is 3. The topological polar surface area (TPSA) is 59.2 Å². The van der Waals surface area contributed by atoms with Gasteiger partial charge in [0.25, 0.3) is 0 Å². The van der Waals surface area contributed by atoms with E-state index in [0.29, 0.717) is 23.2 Å². The minimum absolute atomic E-state index is 0.235. The predicted molar refractivity (Wildman–Crippen MR) is 75.7 cm³/mol. The summed E-state index contributed by atoms with van der Waals surface area (Å²) < 4.78 is 5.23. The lowest BCUT2D eigenvalue weighted by Crippen LogP contribution is -1.88. The van der Waals surface area contributed by atoms with Crippen molar-refractivity contribution in [3.8, 4) is 17.1 Å². The molecule has 3 aromatic rings. The largest absolute Gasteiger partial charge is 0.508 e. The summed E-state index contributed by atoms with van der Waals surface area (Å²) in [6.07, 6.45) is 0.522. The summed E-state index contributed by atoms with van der Waals surface area (Å²) in [5, 5.41) is 13.8. The summed E-state index contributed by atoms with van der Waals surface area (Å²) in [6, 6.07) is 14.2. The van der Waals surface area contributed by atoms with Crippen LogP contribution in [0.1, 0.15) is 11.5 Å². The van der Waals surface area contributed by atoms with Gasteiger partial charge in [-0.2, -0.15) is 4.98 Å². The number of phenols is 1. The standard InChI is InChI=1S/C15H11ClN2O2/c16-12-3-1-2-11(9-12)15-17-14(20-18-15)8-10-4-6-13(19)7-5-10/h1-7,9,19H,8H2. The van der Waals surface area contributed by atoms with Crippen LogP contribution in [0, 0.1) is 0 Å². The molecule has 20 heavy (non-hydrogen) atoms. The van der Waals surface area contributed by atoms with E-state index in [9.17, 15) is 5.11 Å². The second-order valence-electron chi connectivity index (χ2n) is 4.37. The molecule has 0 saturated heterocycles. The van der Waals surface area contributed by atoms with Crippen LogP contribution < -0.4 is 0 Å². The van der Waals surface area contributed by atoms with Gasteiger partial charge in [-0.1, -0.05) is 41.0 Å². The van der Waals surface area contributed by atoms with Crippen molar-refractivity contribution < 1.29 is 9.63 Å². The molecule has 0 spiro atoms. The quantitative estimate of drug-likeness (QED) is 0.798. The van der Waals surface area contributed by atoms with Crippen molar-refractivity contribution in [1.82, 2.24) is 10.1 Å². The second kappa shape index (κ2) is 5.35. The van der Waals surface area contributed by atoms with Gasteiger partial charge in [0, 0.05) is 10.6 Å². The van der Waals surface area contributed by atoms with Crippen LogP contribution in [0.3, 0.4) is 0 Å². The molecule has 0 amide bonds. The first-order valence-corrected chi connectivity index (χ1v) is 6.45. The molecule has 1 N–H and O–H groups in total. The number of aromatic nitrogens is 2. The second-order valence-corrected chi connectivity index (χ2v) is 4.80. The minimum Gasteiger partial charge on any atom is -0.508 e. The van der Waals surface area contributed by atoms with E-state index in [1.807, 2.05) is 24.3 Å². The van der Waals surface area contributed by atoms with Gasteiger partial charge in [-0.05, 0) is 29.8 Å². The average Bonchev–Trinajstić information content (AvgIpc) is 2.90. The highest BCUT2D eigenvalue weighted by atomic mass is 35.5. The van der Waals surface area contributed by atoms with Crippen molar-refractivity contribution in [2.24, 2.45) is 0 Å². The Balaban J connectivity index is 1.82. The SMILES string of the molecule is Oc1ccc(Cc2nc(-c3cccc(Cl)c3)no2)cc1. The third-order valence-corrected chi connectivity index (χ3v) is 3.08. The van der Waals surface area contributed by atoms with E-state index >= 15 is 0 Å². The van der Waals surface area contributed by atoms with Gasteiger partial charge in [-0.25, -0.2) is 0 Å². The molecule has 4 nitrogen and oxygen atoms in total. The normalized spacial score (nSPS) is 10.7. The number of benzene rings is 2. The lowest BCUT2D eigenvalue weighted by molar-refractivity contribution is 0.385. The number of phenolic OH excluding ortho intramolecular Hbond substituents is 1. The van der Waals surface area contributed by atoms with Gasteiger partial charge >= 0.3 is 0 Å². The highest BCUT2D eigenvalue weighted by molar-refractivity contribution is 6.30. The third kappa shape index (κ3) is 2.81. The lowest BCUT2D eigenvalue weighted by atomic mass is 10.1. The molecule has 1 heterocycles. The van der Waals surface area contributed by atoms with Gasteiger partial charge in [0.15, 0.2) is 0 Å². The number of hydrogen-bond acceptors (Lipinski definition) is 4. The average molecular weight is 287 g/mol. The zero-order chi connectivity index (χ0) is 13.9. The summed E-state index contributed by atoms with van der Waals surface area (Å²) in [5.41, 5.74) is 1.81. The van der Waals surface area contributed by atoms with E-state index in [0.717, 1.165) is 11.1 Å². The van der Waals surface area contributed by atoms with Crippen LogP contribution in [0.2, 0.25) is 5.02 Å². The van der Waals surface area contributed by atoms with Gasteiger partial charge in [-0.15, -0.1) is 0 Å². The Morgan fingerprint density at radius 3 is 2.65 bits per heavy atom. The highest BCUT2D eigenvalue weighted by Crippen LogP contribution is 2.21. The maximum atomic E-state index is 9.24. The molecule has 0 saturated carbocycles. The Hall–Kier alpha value is -2.33. The Kier molecular flexibility index (Phi) is 3.39. The molecule has 0 atom stereocenters. The first kappa shape index (κ1) is 12.7. The maximum Gasteiger partial charge on any atom is 0.231 e. The molecule has 0 unspecified atom stereocenters. The van der Waals surface area contributed by atoms with Gasteiger partial charge in [-0.3, -0.25) is 0 Å². The number of nitrogens with zero attached hydrogens (tertiary/aromatic N) is 2. The molecular weight excluding hydrogens is 276 g/mol. The number of hydrogen-bond donors (Lipinski definition) is 1. The summed E-state index contributed by atoms with van der Waals surface area (Å²) in [4.78, 5) is 4.34. The molecule has 0 bridgehead atoms. The first-order chi connectivity index (χ1) is 9.70. The Bertz CT molecular complexity index is 723. The lowest BCUT2D eigenvalue weighted by Gasteiger charge is -1.96. The van der Waals surface area contributed by atoms with Crippen LogP contribution in [0.25, 0.3) is 11.4 Å². The molecule has 0 aliphatic heterocycles. The van der Waals surface area contributed by atoms with E-state index in [4.69, 9.17) is 16.1 Å². The van der Waals surface area contributed by atoms with E-state index in [-0.39, 0.29) is 5.75 Å². The molecular formula is C15H11ClN2O2. The van der Waals surface area contributed by atoms with Crippen LogP contribution in [0.4, 0.5) is 0 Å². The third-order valence-electron chi connectivity index (χ3n) is 2.84. The summed E-state index contributed by atoms with van der Waals surface area (Å²) in [7, 11) is 0. The fourth-order valence-corrected chi connectivity index (χ4v) is 2.05. The molecule has 0 aliphatic rings. The van der Waals surface area contributed by atoms with Crippen LogP contribution >= 0.6 is 11.6 Å². The molecule has 100 valence electrons. The van der Waals surface area contributed by atoms with Crippen molar-refractivity contribution in [3.05, 3.63) is 65.0 Å². The van der Waals surface area contributed by atoms with E-state index in [2.05, 4.69) is 10.1 Å². The van der Waals surface area contributed by atoms with Gasteiger partial charge in [0.1, 0.15) is 5.75 Å². The van der Waals surface area contributed by atoms with Crippen molar-refractivity contribution in [2.75, 3.05) is 0 Å². The fourth-order valence-electron chi connectivity index (χ4n) is 1.86. The molecule has 0 radical (unpaired) electrons. The summed E-state index contributed by atoms with van der Waals surface area (Å²) in [5.74, 6) is 1.27. The van der Waals surface area contributed by atoms with Crippen molar-refractivity contribution in [2.45, 2.75) is 6.42 Å². The fraction of sp³-hybridized carbons (Fsp3) is 0.0667. The molecule has 0 aliphatic carbocycles. The van der Waals surface area contributed by atoms with Crippen molar-refractivity contribution in [1.29, 1.82) is 0 Å². The van der Waals surface area contributed by atoms with E-state index in [1.165, 1.54) is 0 Å². The monoisotopic (exact) mass is 286 g/mol. The molecule has 2 aromatic carbocycles. The molecule has 3 rings (SSSR count). The molecule has 1 aromatic heterocycles. The smallest absolute Gasteiger partial charge is 0.231 e. The highest BCUT2D eigenvalue weighted by Gasteiger charge is 2.09. The van der Waals surface area contributed by atoms with Gasteiger partial charge < -0.3 is 9.63 Å². The Morgan fingerprint density at radius 1 is 1.10 bits per heavy atom. The van der Waals surface area contributed by atoms with Gasteiger partial charge in [0.2, 0.25) is 11.7 Å². The Labute approximate surface area is 120 Å². The summed E-state index contributed by atoms with van der Waals surface area (Å²) >= 11 is 5.94. The Morgan fingerprint density at radius 2 is 1.90 bits per heavy atom. The predicted octanol–water partition coefficient (Wildman–Crippen LogP) is 3.69. The summed E-state index contributed by atoms with van der Waals surface area (Å²) in [6.45, 7) is 0. The zero-order valence-corrected chi connectivity index (χ0v) is 11.2. The maximum absolute atomic E-state index is 9.24. The van der Waals surface area contributed by atoms with Crippen molar-refractivity contribution in [3.63, 3.8) is 0 Å². The van der Waals surface area contributed by atoms with Gasteiger partial charge in [0.05, 0.1) is 6.42 Å². The first-order valence-electron chi connectivity index (χ1n) is 6.07. The zero-order valence-electron chi connectivity index (χ0n) is 10.5.